The highest BCUT2D eigenvalue weighted by molar-refractivity contribution is 7.11. The van der Waals surface area contributed by atoms with Crippen molar-refractivity contribution in [2.75, 3.05) is 23.7 Å². The van der Waals surface area contributed by atoms with Crippen LogP contribution >= 0.6 is 11.5 Å². The minimum absolute atomic E-state index is 0.145. The normalized spacial score (nSPS) is 11.5. The van der Waals surface area contributed by atoms with Crippen LogP contribution in [0.5, 0.6) is 0 Å². The van der Waals surface area contributed by atoms with Crippen LogP contribution in [0.15, 0.2) is 0 Å². The van der Waals surface area contributed by atoms with E-state index in [-0.39, 0.29) is 11.4 Å². The van der Waals surface area contributed by atoms with Gasteiger partial charge in [0.05, 0.1) is 5.60 Å². The van der Waals surface area contributed by atoms with Crippen LogP contribution < -0.4 is 16.4 Å². The first-order chi connectivity index (χ1) is 7.76. The van der Waals surface area contributed by atoms with Crippen molar-refractivity contribution in [1.29, 1.82) is 0 Å². The largest absolute Gasteiger partial charge is 0.389 e. The van der Waals surface area contributed by atoms with Crippen LogP contribution in [0.2, 0.25) is 0 Å². The molecule has 96 valence electrons. The maximum Gasteiger partial charge on any atom is 0.255 e. The minimum Gasteiger partial charge on any atom is -0.389 e. The molecule has 0 bridgehead atoms. The van der Waals surface area contributed by atoms with E-state index in [2.05, 4.69) is 4.37 Å². The molecule has 7 heteroatoms. The Morgan fingerprint density at radius 1 is 1.59 bits per heavy atom. The standard InChI is InChI=1S/C10H18N4O2S/c1-4-14(5-10(2,3)16)9-6(8(12)15)7(11)13-17-9/h16H,4-5H2,1-3H3,(H2,11,13)(H2,12,15). The molecule has 0 aliphatic rings. The van der Waals surface area contributed by atoms with Gasteiger partial charge >= 0.3 is 0 Å². The Hall–Kier alpha value is -1.34. The summed E-state index contributed by atoms with van der Waals surface area (Å²) in [4.78, 5) is 13.2. The van der Waals surface area contributed by atoms with Crippen molar-refractivity contribution < 1.29 is 9.90 Å². The number of amides is 1. The molecule has 0 atom stereocenters. The number of aliphatic hydroxyl groups is 1. The number of carbonyl (C=O) groups excluding carboxylic acids is 1. The average Bonchev–Trinajstić information content (AvgIpc) is 2.55. The molecule has 0 spiro atoms. The number of aromatic nitrogens is 1. The van der Waals surface area contributed by atoms with Crippen molar-refractivity contribution in [3.63, 3.8) is 0 Å². The molecule has 1 amide bonds. The number of nitrogens with zero attached hydrogens (tertiary/aromatic N) is 2. The van der Waals surface area contributed by atoms with E-state index in [4.69, 9.17) is 11.5 Å². The lowest BCUT2D eigenvalue weighted by atomic mass is 10.1. The van der Waals surface area contributed by atoms with Crippen LogP contribution in [-0.2, 0) is 0 Å². The molecular weight excluding hydrogens is 240 g/mol. The third-order valence-corrected chi connectivity index (χ3v) is 3.12. The first-order valence-corrected chi connectivity index (χ1v) is 6.06. The van der Waals surface area contributed by atoms with Gasteiger partial charge in [0.25, 0.3) is 5.91 Å². The maximum atomic E-state index is 11.3. The number of anilines is 2. The summed E-state index contributed by atoms with van der Waals surface area (Å²) in [6.07, 6.45) is 0. The molecule has 5 N–H and O–H groups in total. The van der Waals surface area contributed by atoms with Crippen molar-refractivity contribution in [2.24, 2.45) is 5.73 Å². The summed E-state index contributed by atoms with van der Waals surface area (Å²) in [5, 5.41) is 10.4. The number of primary amides is 1. The fourth-order valence-corrected chi connectivity index (χ4v) is 2.42. The van der Waals surface area contributed by atoms with Gasteiger partial charge in [-0.1, -0.05) is 0 Å². The molecule has 0 saturated heterocycles. The van der Waals surface area contributed by atoms with E-state index < -0.39 is 11.5 Å². The van der Waals surface area contributed by atoms with Gasteiger partial charge in [-0.2, -0.15) is 4.37 Å². The van der Waals surface area contributed by atoms with Crippen LogP contribution in [-0.4, -0.2) is 34.1 Å². The minimum atomic E-state index is -0.871. The summed E-state index contributed by atoms with van der Waals surface area (Å²) in [7, 11) is 0. The summed E-state index contributed by atoms with van der Waals surface area (Å²) >= 11 is 1.12. The van der Waals surface area contributed by atoms with Crippen LogP contribution in [0.1, 0.15) is 31.1 Å². The van der Waals surface area contributed by atoms with E-state index in [1.165, 1.54) is 0 Å². The lowest BCUT2D eigenvalue weighted by molar-refractivity contribution is 0.0874. The van der Waals surface area contributed by atoms with Gasteiger partial charge in [-0.05, 0) is 32.3 Å². The van der Waals surface area contributed by atoms with Crippen LogP contribution in [0.4, 0.5) is 10.8 Å². The van der Waals surface area contributed by atoms with Crippen LogP contribution in [0, 0.1) is 0 Å². The molecule has 1 rings (SSSR count). The van der Waals surface area contributed by atoms with Crippen molar-refractivity contribution in [1.82, 2.24) is 4.37 Å². The molecule has 1 heterocycles. The molecular formula is C10H18N4O2S. The number of nitrogen functional groups attached to an aromatic ring is 1. The van der Waals surface area contributed by atoms with Gasteiger partial charge in [-0.3, -0.25) is 4.79 Å². The SMILES string of the molecule is CCN(CC(C)(C)O)c1snc(N)c1C(N)=O. The van der Waals surface area contributed by atoms with Crippen molar-refractivity contribution in [2.45, 2.75) is 26.4 Å². The lowest BCUT2D eigenvalue weighted by Gasteiger charge is -2.28. The Balaban J connectivity index is 3.08. The number of likely N-dealkylation sites (N-methyl/N-ethyl adjacent to an activating group) is 1. The molecule has 1 aromatic rings. The second kappa shape index (κ2) is 4.89. The van der Waals surface area contributed by atoms with E-state index >= 15 is 0 Å². The Kier molecular flexibility index (Phi) is 3.94. The van der Waals surface area contributed by atoms with Gasteiger partial charge in [0, 0.05) is 13.1 Å². The molecule has 0 aliphatic carbocycles. The van der Waals surface area contributed by atoms with E-state index in [1.807, 2.05) is 11.8 Å². The molecule has 0 fully saturated rings. The number of carbonyl (C=O) groups is 1. The first kappa shape index (κ1) is 13.7. The van der Waals surface area contributed by atoms with Gasteiger partial charge < -0.3 is 21.5 Å². The first-order valence-electron chi connectivity index (χ1n) is 5.28. The number of rotatable bonds is 5. The molecule has 0 saturated carbocycles. The third kappa shape index (κ3) is 3.31. The number of hydrogen-bond acceptors (Lipinski definition) is 6. The highest BCUT2D eigenvalue weighted by Crippen LogP contribution is 2.30. The highest BCUT2D eigenvalue weighted by atomic mass is 32.1. The second-order valence-corrected chi connectivity index (χ2v) is 5.19. The fraction of sp³-hybridized carbons (Fsp3) is 0.600. The zero-order valence-electron chi connectivity index (χ0n) is 10.2. The maximum absolute atomic E-state index is 11.3. The van der Waals surface area contributed by atoms with Gasteiger partial charge in [0.15, 0.2) is 5.82 Å². The van der Waals surface area contributed by atoms with E-state index in [1.54, 1.807) is 13.8 Å². The summed E-state index contributed by atoms with van der Waals surface area (Å²) in [5.41, 5.74) is 10.2. The Labute approximate surface area is 104 Å². The third-order valence-electron chi connectivity index (χ3n) is 2.19. The highest BCUT2D eigenvalue weighted by Gasteiger charge is 2.25. The summed E-state index contributed by atoms with van der Waals surface area (Å²) < 4.78 is 3.93. The summed E-state index contributed by atoms with van der Waals surface area (Å²) in [5.74, 6) is -0.452. The van der Waals surface area contributed by atoms with E-state index in [0.717, 1.165) is 11.5 Å². The predicted molar refractivity (Wildman–Crippen MR) is 69.2 cm³/mol. The fourth-order valence-electron chi connectivity index (χ4n) is 1.54. The molecule has 0 aliphatic heterocycles. The van der Waals surface area contributed by atoms with Crippen molar-refractivity contribution >= 4 is 28.3 Å². The van der Waals surface area contributed by atoms with Crippen LogP contribution in [0.25, 0.3) is 0 Å². The Morgan fingerprint density at radius 3 is 2.59 bits per heavy atom. The molecule has 1 aromatic heterocycles. The molecule has 17 heavy (non-hydrogen) atoms. The molecule has 6 nitrogen and oxygen atoms in total. The smallest absolute Gasteiger partial charge is 0.255 e. The lowest BCUT2D eigenvalue weighted by Crippen LogP contribution is -2.39. The Morgan fingerprint density at radius 2 is 2.18 bits per heavy atom. The van der Waals surface area contributed by atoms with Crippen molar-refractivity contribution in [3.8, 4) is 0 Å². The van der Waals surface area contributed by atoms with Crippen LogP contribution in [0.3, 0.4) is 0 Å². The summed E-state index contributed by atoms with van der Waals surface area (Å²) in [6, 6.07) is 0. The van der Waals surface area contributed by atoms with Gasteiger partial charge in [-0.15, -0.1) is 0 Å². The second-order valence-electron chi connectivity index (χ2n) is 4.44. The monoisotopic (exact) mass is 258 g/mol. The van der Waals surface area contributed by atoms with E-state index in [9.17, 15) is 9.90 Å². The quantitative estimate of drug-likeness (QED) is 0.710. The van der Waals surface area contributed by atoms with Crippen molar-refractivity contribution in [3.05, 3.63) is 5.56 Å². The number of hydrogen-bond donors (Lipinski definition) is 3. The molecule has 0 aromatic carbocycles. The molecule has 0 unspecified atom stereocenters. The summed E-state index contributed by atoms with van der Waals surface area (Å²) in [6.45, 7) is 6.33. The van der Waals surface area contributed by atoms with Gasteiger partial charge in [0.2, 0.25) is 0 Å². The predicted octanol–water partition coefficient (Wildman–Crippen LogP) is 0.421. The topological polar surface area (TPSA) is 105 Å². The van der Waals surface area contributed by atoms with Gasteiger partial charge in [0.1, 0.15) is 10.6 Å². The number of nitrogens with two attached hydrogens (primary N) is 2. The Bertz CT molecular complexity index is 411. The average molecular weight is 258 g/mol. The molecule has 0 radical (unpaired) electrons. The van der Waals surface area contributed by atoms with Gasteiger partial charge in [-0.25, -0.2) is 0 Å². The zero-order chi connectivity index (χ0) is 13.2. The zero-order valence-corrected chi connectivity index (χ0v) is 11.0. The van der Waals surface area contributed by atoms with E-state index in [0.29, 0.717) is 18.1 Å².